The molecule has 162 valence electrons. The maximum Gasteiger partial charge on any atom is 0.237 e. The molecule has 1 aromatic carbocycles. The van der Waals surface area contributed by atoms with Crippen LogP contribution in [0.3, 0.4) is 0 Å². The normalized spacial score (nSPS) is 16.5. The standard InChI is InChI=1S/C20H28N4O3.2ClH/c21-19(20(25)22-8-4-9-27-18-7-10-26-14-18)11-17-13-24(15-23-17)12-16-5-2-1-3-6-16;;/h1-3,5-6,13,15,18-19H,4,7-12,14,21H2,(H,22,25);2*1H/t18?,19-;;/m0../s1. The van der Waals surface area contributed by atoms with Crippen LogP contribution in [-0.2, 0) is 27.2 Å². The molecule has 0 aliphatic carbocycles. The molecule has 1 amide bonds. The summed E-state index contributed by atoms with van der Waals surface area (Å²) in [5.41, 5.74) is 8.04. The molecule has 3 rings (SSSR count). The number of nitrogens with one attached hydrogen (secondary N) is 1. The van der Waals surface area contributed by atoms with Crippen LogP contribution in [0.4, 0.5) is 0 Å². The van der Waals surface area contributed by atoms with Crippen LogP contribution in [0.15, 0.2) is 42.9 Å². The Bertz CT molecular complexity index is 709. The zero-order valence-corrected chi connectivity index (χ0v) is 18.0. The fourth-order valence-electron chi connectivity index (χ4n) is 3.02. The summed E-state index contributed by atoms with van der Waals surface area (Å²) >= 11 is 0. The SMILES string of the molecule is Cl.Cl.N[C@@H](Cc1cn(Cc2ccccc2)cn1)C(=O)NCCCOC1CCOC1. The lowest BCUT2D eigenvalue weighted by molar-refractivity contribution is -0.122. The first kappa shape index (κ1) is 25.4. The van der Waals surface area contributed by atoms with Crippen LogP contribution in [0.5, 0.6) is 0 Å². The highest BCUT2D eigenvalue weighted by Gasteiger charge is 2.17. The number of halogens is 2. The first-order chi connectivity index (χ1) is 13.2. The van der Waals surface area contributed by atoms with Gasteiger partial charge in [-0.25, -0.2) is 4.98 Å². The molecule has 9 heteroatoms. The smallest absolute Gasteiger partial charge is 0.237 e. The van der Waals surface area contributed by atoms with Crippen molar-refractivity contribution in [3.05, 3.63) is 54.1 Å². The summed E-state index contributed by atoms with van der Waals surface area (Å²) < 4.78 is 12.9. The van der Waals surface area contributed by atoms with Gasteiger partial charge in [0, 0.05) is 38.9 Å². The molecule has 0 radical (unpaired) electrons. The van der Waals surface area contributed by atoms with Gasteiger partial charge >= 0.3 is 0 Å². The molecule has 7 nitrogen and oxygen atoms in total. The zero-order chi connectivity index (χ0) is 18.9. The third-order valence-corrected chi connectivity index (χ3v) is 4.52. The van der Waals surface area contributed by atoms with E-state index in [-0.39, 0.29) is 36.8 Å². The van der Waals surface area contributed by atoms with Gasteiger partial charge in [0.05, 0.1) is 30.8 Å². The molecule has 0 saturated carbocycles. The van der Waals surface area contributed by atoms with E-state index < -0.39 is 6.04 Å². The van der Waals surface area contributed by atoms with Crippen LogP contribution in [-0.4, -0.2) is 54.0 Å². The first-order valence-corrected chi connectivity index (χ1v) is 9.48. The summed E-state index contributed by atoms with van der Waals surface area (Å²) in [5.74, 6) is -0.156. The fraction of sp³-hybridized carbons (Fsp3) is 0.500. The number of benzene rings is 1. The Morgan fingerprint density at radius 2 is 2.14 bits per heavy atom. The van der Waals surface area contributed by atoms with Crippen molar-refractivity contribution < 1.29 is 14.3 Å². The van der Waals surface area contributed by atoms with Gasteiger partial charge in [-0.1, -0.05) is 30.3 Å². The Morgan fingerprint density at radius 3 is 2.86 bits per heavy atom. The van der Waals surface area contributed by atoms with Crippen LogP contribution >= 0.6 is 24.8 Å². The summed E-state index contributed by atoms with van der Waals surface area (Å²) in [6.45, 7) is 3.38. The van der Waals surface area contributed by atoms with Crippen molar-refractivity contribution in [2.24, 2.45) is 5.73 Å². The van der Waals surface area contributed by atoms with Gasteiger partial charge in [0.1, 0.15) is 0 Å². The van der Waals surface area contributed by atoms with E-state index in [0.29, 0.717) is 26.2 Å². The van der Waals surface area contributed by atoms with Crippen molar-refractivity contribution in [3.8, 4) is 0 Å². The van der Waals surface area contributed by atoms with Gasteiger partial charge in [-0.3, -0.25) is 4.79 Å². The van der Waals surface area contributed by atoms with Crippen molar-refractivity contribution in [2.45, 2.75) is 38.0 Å². The number of carbonyl (C=O) groups excluding carboxylic acids is 1. The molecule has 2 atom stereocenters. The fourth-order valence-corrected chi connectivity index (χ4v) is 3.02. The van der Waals surface area contributed by atoms with E-state index in [4.69, 9.17) is 15.2 Å². The number of nitrogens with zero attached hydrogens (tertiary/aromatic N) is 2. The van der Waals surface area contributed by atoms with Gasteiger partial charge in [0.15, 0.2) is 0 Å². The molecule has 0 spiro atoms. The van der Waals surface area contributed by atoms with Crippen LogP contribution in [0.1, 0.15) is 24.1 Å². The van der Waals surface area contributed by atoms with Crippen molar-refractivity contribution >= 4 is 30.7 Å². The number of rotatable bonds is 10. The lowest BCUT2D eigenvalue weighted by Crippen LogP contribution is -2.42. The minimum atomic E-state index is -0.603. The summed E-state index contributed by atoms with van der Waals surface area (Å²) in [6.07, 6.45) is 6.06. The molecule has 2 aromatic rings. The highest BCUT2D eigenvalue weighted by Crippen LogP contribution is 2.08. The van der Waals surface area contributed by atoms with Crippen LogP contribution < -0.4 is 11.1 Å². The number of amides is 1. The lowest BCUT2D eigenvalue weighted by Gasteiger charge is -2.12. The van der Waals surface area contributed by atoms with Crippen LogP contribution in [0.2, 0.25) is 0 Å². The molecule has 1 unspecified atom stereocenters. The van der Waals surface area contributed by atoms with Crippen LogP contribution in [0.25, 0.3) is 0 Å². The molecule has 29 heavy (non-hydrogen) atoms. The second kappa shape index (κ2) is 13.6. The van der Waals surface area contributed by atoms with Gasteiger partial charge in [-0.2, -0.15) is 0 Å². The Kier molecular flexibility index (Phi) is 11.9. The number of hydrogen-bond donors (Lipinski definition) is 2. The average Bonchev–Trinajstić information content (AvgIpc) is 3.34. The minimum Gasteiger partial charge on any atom is -0.379 e. The Balaban J connectivity index is 0.00000210. The summed E-state index contributed by atoms with van der Waals surface area (Å²) in [7, 11) is 0. The van der Waals surface area contributed by atoms with Crippen LogP contribution in [0, 0.1) is 0 Å². The highest BCUT2D eigenvalue weighted by atomic mass is 35.5. The summed E-state index contributed by atoms with van der Waals surface area (Å²) in [4.78, 5) is 16.5. The largest absolute Gasteiger partial charge is 0.379 e. The van der Waals surface area contributed by atoms with E-state index in [1.165, 1.54) is 5.56 Å². The van der Waals surface area contributed by atoms with E-state index in [1.54, 1.807) is 6.33 Å². The van der Waals surface area contributed by atoms with E-state index in [2.05, 4.69) is 22.4 Å². The molecule has 1 saturated heterocycles. The lowest BCUT2D eigenvalue weighted by atomic mass is 10.1. The molecule has 1 aromatic heterocycles. The maximum absolute atomic E-state index is 12.1. The second-order valence-corrected chi connectivity index (χ2v) is 6.83. The van der Waals surface area contributed by atoms with Crippen molar-refractivity contribution in [1.82, 2.24) is 14.9 Å². The molecule has 1 aliphatic heterocycles. The van der Waals surface area contributed by atoms with E-state index in [9.17, 15) is 4.79 Å². The van der Waals surface area contributed by atoms with E-state index in [0.717, 1.165) is 31.7 Å². The maximum atomic E-state index is 12.1. The van der Waals surface area contributed by atoms with Crippen molar-refractivity contribution in [3.63, 3.8) is 0 Å². The summed E-state index contributed by atoms with van der Waals surface area (Å²) in [5, 5.41) is 2.86. The van der Waals surface area contributed by atoms with E-state index >= 15 is 0 Å². The number of nitrogens with two attached hydrogens (primary N) is 1. The topological polar surface area (TPSA) is 91.4 Å². The van der Waals surface area contributed by atoms with Gasteiger partial charge in [-0.15, -0.1) is 24.8 Å². The number of imidazole rings is 1. The molecule has 1 aliphatic rings. The van der Waals surface area contributed by atoms with Gasteiger partial charge in [0.25, 0.3) is 0 Å². The third-order valence-electron chi connectivity index (χ3n) is 4.52. The van der Waals surface area contributed by atoms with E-state index in [1.807, 2.05) is 29.0 Å². The molecular weight excluding hydrogens is 415 g/mol. The molecule has 0 bridgehead atoms. The van der Waals surface area contributed by atoms with Crippen molar-refractivity contribution in [2.75, 3.05) is 26.4 Å². The Morgan fingerprint density at radius 1 is 1.34 bits per heavy atom. The molecule has 1 fully saturated rings. The quantitative estimate of drug-likeness (QED) is 0.546. The molecular formula is C20H30Cl2N4O3. The minimum absolute atomic E-state index is 0. The zero-order valence-electron chi connectivity index (χ0n) is 16.4. The Labute approximate surface area is 184 Å². The molecule has 2 heterocycles. The number of hydrogen-bond acceptors (Lipinski definition) is 5. The predicted molar refractivity (Wildman–Crippen MR) is 117 cm³/mol. The Hall–Kier alpha value is -1.64. The van der Waals surface area contributed by atoms with Gasteiger partial charge in [0.2, 0.25) is 5.91 Å². The highest BCUT2D eigenvalue weighted by molar-refractivity contribution is 5.85. The average molecular weight is 445 g/mol. The monoisotopic (exact) mass is 444 g/mol. The molecule has 3 N–H and O–H groups in total. The van der Waals surface area contributed by atoms with Gasteiger partial charge in [-0.05, 0) is 18.4 Å². The van der Waals surface area contributed by atoms with Crippen molar-refractivity contribution in [1.29, 1.82) is 0 Å². The second-order valence-electron chi connectivity index (χ2n) is 6.83. The van der Waals surface area contributed by atoms with Gasteiger partial charge < -0.3 is 25.1 Å². The number of carbonyl (C=O) groups is 1. The predicted octanol–water partition coefficient (Wildman–Crippen LogP) is 1.96. The first-order valence-electron chi connectivity index (χ1n) is 9.48. The number of ether oxygens (including phenoxy) is 2. The number of aromatic nitrogens is 2. The summed E-state index contributed by atoms with van der Waals surface area (Å²) in [6, 6.07) is 9.56. The third kappa shape index (κ3) is 8.72.